The predicted octanol–water partition coefficient (Wildman–Crippen LogP) is 10.7. The standard InChI is InChI=1S/C39H26N2S/c1-2-16-32(17-3-1)41-36-20-6-5-19-35(36)40-39(41)31-15-9-13-29(26-31)28-12-8-14-30(25-28)33-18-10-22-38-34(33)24-23-27-11-4-7-21-37(27)42-38/h1-26H. The first-order valence-corrected chi connectivity index (χ1v) is 15.0. The Morgan fingerprint density at radius 2 is 1.17 bits per heavy atom. The van der Waals surface area contributed by atoms with Crippen molar-refractivity contribution in [3.05, 3.63) is 157 Å². The molecule has 1 aromatic heterocycles. The Bertz CT molecular complexity index is 2120. The van der Waals surface area contributed by atoms with Crippen molar-refractivity contribution in [2.24, 2.45) is 0 Å². The van der Waals surface area contributed by atoms with E-state index >= 15 is 0 Å². The summed E-state index contributed by atoms with van der Waals surface area (Å²) in [6, 6.07) is 51.7. The number of rotatable bonds is 4. The third-order valence-corrected chi connectivity index (χ3v) is 9.01. The van der Waals surface area contributed by atoms with E-state index < -0.39 is 0 Å². The monoisotopic (exact) mass is 554 g/mol. The molecule has 198 valence electrons. The number of nitrogens with zero attached hydrogens (tertiary/aromatic N) is 2. The Morgan fingerprint density at radius 3 is 2.05 bits per heavy atom. The second-order valence-electron chi connectivity index (χ2n) is 10.4. The van der Waals surface area contributed by atoms with Crippen LogP contribution in [-0.2, 0) is 0 Å². The predicted molar refractivity (Wildman–Crippen MR) is 177 cm³/mol. The second-order valence-corrected chi connectivity index (χ2v) is 11.5. The molecule has 7 aromatic rings. The molecular formula is C39H26N2S. The minimum Gasteiger partial charge on any atom is -0.292 e. The summed E-state index contributed by atoms with van der Waals surface area (Å²) in [5, 5.41) is 0. The summed E-state index contributed by atoms with van der Waals surface area (Å²) in [6.07, 6.45) is 4.51. The van der Waals surface area contributed by atoms with Gasteiger partial charge >= 0.3 is 0 Å². The molecule has 8 rings (SSSR count). The maximum Gasteiger partial charge on any atom is 0.145 e. The van der Waals surface area contributed by atoms with Gasteiger partial charge in [-0.15, -0.1) is 0 Å². The zero-order chi connectivity index (χ0) is 27.9. The Balaban J connectivity index is 1.22. The lowest BCUT2D eigenvalue weighted by Gasteiger charge is -2.13. The van der Waals surface area contributed by atoms with E-state index in [1.807, 2.05) is 17.8 Å². The van der Waals surface area contributed by atoms with Crippen LogP contribution >= 0.6 is 11.8 Å². The van der Waals surface area contributed by atoms with Crippen molar-refractivity contribution in [3.8, 4) is 39.3 Å². The Morgan fingerprint density at radius 1 is 0.500 bits per heavy atom. The van der Waals surface area contributed by atoms with Crippen LogP contribution in [0.1, 0.15) is 11.1 Å². The first-order valence-electron chi connectivity index (χ1n) is 14.1. The number of hydrogen-bond donors (Lipinski definition) is 0. The van der Waals surface area contributed by atoms with E-state index in [4.69, 9.17) is 4.98 Å². The quantitative estimate of drug-likeness (QED) is 0.215. The highest BCUT2D eigenvalue weighted by atomic mass is 32.2. The van der Waals surface area contributed by atoms with Gasteiger partial charge < -0.3 is 0 Å². The Labute approximate surface area is 249 Å². The molecule has 1 aliphatic heterocycles. The molecule has 2 nitrogen and oxygen atoms in total. The van der Waals surface area contributed by atoms with Crippen molar-refractivity contribution in [1.29, 1.82) is 0 Å². The first-order chi connectivity index (χ1) is 20.8. The molecule has 2 heterocycles. The van der Waals surface area contributed by atoms with Gasteiger partial charge in [0.25, 0.3) is 0 Å². The largest absolute Gasteiger partial charge is 0.292 e. The molecule has 0 spiro atoms. The van der Waals surface area contributed by atoms with Crippen LogP contribution in [0.25, 0.3) is 62.5 Å². The fraction of sp³-hybridized carbons (Fsp3) is 0. The number of imidazole rings is 1. The zero-order valence-corrected chi connectivity index (χ0v) is 23.6. The topological polar surface area (TPSA) is 17.8 Å². The molecule has 0 atom stereocenters. The van der Waals surface area contributed by atoms with E-state index in [0.717, 1.165) is 28.1 Å². The normalized spacial score (nSPS) is 12.1. The highest BCUT2D eigenvalue weighted by Gasteiger charge is 2.16. The van der Waals surface area contributed by atoms with Gasteiger partial charge in [0, 0.05) is 21.0 Å². The maximum absolute atomic E-state index is 5.09. The smallest absolute Gasteiger partial charge is 0.145 e. The summed E-state index contributed by atoms with van der Waals surface area (Å²) in [6.45, 7) is 0. The van der Waals surface area contributed by atoms with Gasteiger partial charge in [-0.25, -0.2) is 4.98 Å². The summed E-state index contributed by atoms with van der Waals surface area (Å²) >= 11 is 1.84. The van der Waals surface area contributed by atoms with Crippen molar-refractivity contribution >= 4 is 34.9 Å². The Kier molecular flexibility index (Phi) is 6.09. The Hall–Kier alpha value is -5.12. The average Bonchev–Trinajstić information content (AvgIpc) is 3.34. The lowest BCUT2D eigenvalue weighted by Crippen LogP contribution is -1.97. The van der Waals surface area contributed by atoms with Crippen molar-refractivity contribution in [2.75, 3.05) is 0 Å². The van der Waals surface area contributed by atoms with Crippen LogP contribution in [0.15, 0.2) is 155 Å². The highest BCUT2D eigenvalue weighted by molar-refractivity contribution is 7.99. The molecule has 6 aromatic carbocycles. The second kappa shape index (κ2) is 10.4. The van der Waals surface area contributed by atoms with E-state index in [9.17, 15) is 0 Å². The number of benzene rings is 6. The molecule has 0 radical (unpaired) electrons. The van der Waals surface area contributed by atoms with Crippen LogP contribution in [0.2, 0.25) is 0 Å². The van der Waals surface area contributed by atoms with Crippen LogP contribution < -0.4 is 0 Å². The van der Waals surface area contributed by atoms with Crippen LogP contribution in [-0.4, -0.2) is 9.55 Å². The molecule has 0 unspecified atom stereocenters. The van der Waals surface area contributed by atoms with E-state index in [1.165, 1.54) is 43.2 Å². The van der Waals surface area contributed by atoms with Gasteiger partial charge in [-0.3, -0.25) is 4.57 Å². The van der Waals surface area contributed by atoms with Crippen molar-refractivity contribution in [1.82, 2.24) is 9.55 Å². The van der Waals surface area contributed by atoms with Crippen LogP contribution in [0.5, 0.6) is 0 Å². The first kappa shape index (κ1) is 24.7. The lowest BCUT2D eigenvalue weighted by molar-refractivity contribution is 1.10. The average molecular weight is 555 g/mol. The molecule has 0 aliphatic carbocycles. The van der Waals surface area contributed by atoms with Crippen LogP contribution in [0, 0.1) is 0 Å². The SMILES string of the molecule is C1=Cc2c(cccc2-c2cccc(-c3cccc(-c4nc5ccccc5n4-c4ccccc4)c3)c2)Sc2ccccc21. The summed E-state index contributed by atoms with van der Waals surface area (Å²) in [4.78, 5) is 7.65. The van der Waals surface area contributed by atoms with Gasteiger partial charge in [0.15, 0.2) is 0 Å². The number of para-hydroxylation sites is 3. The van der Waals surface area contributed by atoms with Gasteiger partial charge in [0.2, 0.25) is 0 Å². The van der Waals surface area contributed by atoms with Gasteiger partial charge in [0.05, 0.1) is 11.0 Å². The minimum atomic E-state index is 0.940. The number of fused-ring (bicyclic) bond motifs is 3. The van der Waals surface area contributed by atoms with E-state index in [0.29, 0.717) is 0 Å². The third kappa shape index (κ3) is 4.36. The molecule has 0 N–H and O–H groups in total. The molecule has 1 aliphatic rings. The summed E-state index contributed by atoms with van der Waals surface area (Å²) < 4.78 is 2.26. The fourth-order valence-corrected chi connectivity index (χ4v) is 6.89. The zero-order valence-electron chi connectivity index (χ0n) is 22.8. The molecule has 42 heavy (non-hydrogen) atoms. The third-order valence-electron chi connectivity index (χ3n) is 7.84. The highest BCUT2D eigenvalue weighted by Crippen LogP contribution is 2.42. The molecular weight excluding hydrogens is 529 g/mol. The molecule has 0 fully saturated rings. The van der Waals surface area contributed by atoms with Gasteiger partial charge in [0.1, 0.15) is 5.82 Å². The summed E-state index contributed by atoms with van der Waals surface area (Å²) in [7, 11) is 0. The van der Waals surface area contributed by atoms with E-state index in [2.05, 4.69) is 156 Å². The van der Waals surface area contributed by atoms with E-state index in [1.54, 1.807) is 0 Å². The molecule has 0 saturated heterocycles. The van der Waals surface area contributed by atoms with Gasteiger partial charge in [-0.2, -0.15) is 0 Å². The van der Waals surface area contributed by atoms with Gasteiger partial charge in [-0.05, 0) is 81.9 Å². The molecule has 0 amide bonds. The van der Waals surface area contributed by atoms with Crippen LogP contribution in [0.4, 0.5) is 0 Å². The lowest BCUT2D eigenvalue weighted by atomic mass is 9.95. The summed E-state index contributed by atoms with van der Waals surface area (Å²) in [5.74, 6) is 0.940. The number of hydrogen-bond acceptors (Lipinski definition) is 2. The summed E-state index contributed by atoms with van der Waals surface area (Å²) in [5.41, 5.74) is 11.6. The molecule has 3 heteroatoms. The van der Waals surface area contributed by atoms with Crippen molar-refractivity contribution in [3.63, 3.8) is 0 Å². The maximum atomic E-state index is 5.09. The van der Waals surface area contributed by atoms with Crippen LogP contribution in [0.3, 0.4) is 0 Å². The number of aromatic nitrogens is 2. The van der Waals surface area contributed by atoms with Crippen molar-refractivity contribution < 1.29 is 0 Å². The van der Waals surface area contributed by atoms with Crippen molar-refractivity contribution in [2.45, 2.75) is 9.79 Å². The van der Waals surface area contributed by atoms with E-state index in [-0.39, 0.29) is 0 Å². The molecule has 0 saturated carbocycles. The minimum absolute atomic E-state index is 0.940. The molecule has 0 bridgehead atoms. The fourth-order valence-electron chi connectivity index (χ4n) is 5.82. The van der Waals surface area contributed by atoms with Gasteiger partial charge in [-0.1, -0.05) is 121 Å².